The summed E-state index contributed by atoms with van der Waals surface area (Å²) < 4.78 is 20.1. The van der Waals surface area contributed by atoms with Gasteiger partial charge in [-0.1, -0.05) is 12.6 Å². The number of piperidine rings is 2. The van der Waals surface area contributed by atoms with E-state index in [4.69, 9.17) is 9.57 Å². The molecule has 12 heteroatoms. The molecule has 3 aliphatic heterocycles. The van der Waals surface area contributed by atoms with Crippen molar-refractivity contribution in [1.29, 1.82) is 0 Å². The highest BCUT2D eigenvalue weighted by atomic mass is 19.1. The maximum Gasteiger partial charge on any atom is 0.247 e. The summed E-state index contributed by atoms with van der Waals surface area (Å²) in [6.45, 7) is 10.1. The molecule has 3 saturated heterocycles. The molecular weight excluding hydrogens is 611 g/mol. The van der Waals surface area contributed by atoms with Gasteiger partial charge in [0.25, 0.3) is 0 Å². The van der Waals surface area contributed by atoms with Crippen LogP contribution in [0.4, 0.5) is 33.1 Å². The van der Waals surface area contributed by atoms with Gasteiger partial charge in [-0.05, 0) is 95.2 Å². The third kappa shape index (κ3) is 7.56. The van der Waals surface area contributed by atoms with E-state index >= 15 is 0 Å². The summed E-state index contributed by atoms with van der Waals surface area (Å²) in [5.74, 6) is 1.10. The molecule has 0 unspecified atom stereocenters. The van der Waals surface area contributed by atoms with E-state index in [1.165, 1.54) is 31.3 Å². The van der Waals surface area contributed by atoms with Crippen LogP contribution >= 0.6 is 0 Å². The number of hydrogen-bond acceptors (Lipinski definition) is 10. The van der Waals surface area contributed by atoms with E-state index in [2.05, 4.69) is 56.0 Å². The monoisotopic (exact) mass is 658 g/mol. The fourth-order valence-electron chi connectivity index (χ4n) is 7.25. The number of aromatic nitrogens is 2. The Labute approximate surface area is 282 Å². The second kappa shape index (κ2) is 14.9. The number of hydroxylamine groups is 1. The van der Waals surface area contributed by atoms with Gasteiger partial charge in [0.05, 0.1) is 36.8 Å². The van der Waals surface area contributed by atoms with Crippen molar-refractivity contribution in [2.24, 2.45) is 0 Å². The lowest BCUT2D eigenvalue weighted by molar-refractivity contribution is -0.111. The zero-order chi connectivity index (χ0) is 33.8. The first kappa shape index (κ1) is 33.6. The summed E-state index contributed by atoms with van der Waals surface area (Å²) in [4.78, 5) is 34.8. The summed E-state index contributed by atoms with van der Waals surface area (Å²) in [5, 5.41) is 8.09. The van der Waals surface area contributed by atoms with Gasteiger partial charge < -0.3 is 30.1 Å². The Bertz CT molecular complexity index is 1580. The molecule has 3 aliphatic rings. The highest BCUT2D eigenvalue weighted by Gasteiger charge is 2.31. The van der Waals surface area contributed by atoms with E-state index in [9.17, 15) is 9.18 Å². The zero-order valence-corrected chi connectivity index (χ0v) is 28.4. The molecule has 0 spiro atoms. The maximum absolute atomic E-state index is 14.3. The first-order valence-corrected chi connectivity index (χ1v) is 16.8. The van der Waals surface area contributed by atoms with Crippen LogP contribution < -0.4 is 25.3 Å². The molecule has 11 nitrogen and oxygen atoms in total. The molecule has 256 valence electrons. The number of methoxy groups -OCH3 is 1. The average Bonchev–Trinajstić information content (AvgIpc) is 3.59. The van der Waals surface area contributed by atoms with Crippen LogP contribution in [0, 0.1) is 12.7 Å². The molecule has 0 saturated carbocycles. The van der Waals surface area contributed by atoms with Crippen LogP contribution in [0.3, 0.4) is 0 Å². The van der Waals surface area contributed by atoms with Gasteiger partial charge in [0.2, 0.25) is 5.91 Å². The minimum Gasteiger partial charge on any atom is -0.494 e. The highest BCUT2D eigenvalue weighted by Crippen LogP contribution is 2.41. The second-order valence-corrected chi connectivity index (χ2v) is 13.1. The van der Waals surface area contributed by atoms with Gasteiger partial charge in [-0.25, -0.2) is 19.4 Å². The number of carbonyl (C=O) groups excluding carboxylic acids is 1. The van der Waals surface area contributed by atoms with Crippen molar-refractivity contribution in [3.63, 3.8) is 0 Å². The highest BCUT2D eigenvalue weighted by molar-refractivity contribution is 6.02. The van der Waals surface area contributed by atoms with Crippen molar-refractivity contribution in [1.82, 2.24) is 19.8 Å². The third-order valence-electron chi connectivity index (χ3n) is 9.81. The van der Waals surface area contributed by atoms with Crippen LogP contribution in [0.1, 0.15) is 49.3 Å². The molecule has 0 bridgehead atoms. The normalized spacial score (nSPS) is 19.5. The Hall–Kier alpha value is -4.26. The number of nitrogens with one attached hydrogen (secondary N) is 2. The van der Waals surface area contributed by atoms with Gasteiger partial charge in [0.1, 0.15) is 23.7 Å². The lowest BCUT2D eigenvalue weighted by Gasteiger charge is -2.43. The molecule has 48 heavy (non-hydrogen) atoms. The SMILES string of the molecule is C=CC(=O)Nc1cc(Nc2cc(N3OCC[C@@H]3c3cc(C)cc(F)c3)ncn2)c(OC)cc1N1CCC(N2CCC(N(C)C)CC2)CC1. The molecule has 3 fully saturated rings. The molecule has 1 atom stereocenters. The first-order chi connectivity index (χ1) is 23.2. The lowest BCUT2D eigenvalue weighted by atomic mass is 9.97. The van der Waals surface area contributed by atoms with Crippen molar-refractivity contribution < 1.29 is 18.8 Å². The molecule has 0 radical (unpaired) electrons. The van der Waals surface area contributed by atoms with Crippen LogP contribution in [-0.4, -0.2) is 91.7 Å². The maximum atomic E-state index is 14.3. The predicted octanol–water partition coefficient (Wildman–Crippen LogP) is 5.68. The number of ether oxygens (including phenoxy) is 1. The van der Waals surface area contributed by atoms with Gasteiger partial charge in [0.15, 0.2) is 5.82 Å². The summed E-state index contributed by atoms with van der Waals surface area (Å²) in [7, 11) is 5.98. The van der Waals surface area contributed by atoms with E-state index < -0.39 is 0 Å². The Morgan fingerprint density at radius 2 is 1.79 bits per heavy atom. The Morgan fingerprint density at radius 3 is 2.48 bits per heavy atom. The van der Waals surface area contributed by atoms with Gasteiger partial charge in [-0.2, -0.15) is 0 Å². The molecule has 4 heterocycles. The van der Waals surface area contributed by atoms with E-state index in [0.717, 1.165) is 55.8 Å². The molecule has 1 aromatic heterocycles. The number of halogens is 1. The fraction of sp³-hybridized carbons (Fsp3) is 0.472. The van der Waals surface area contributed by atoms with Crippen molar-refractivity contribution in [3.05, 3.63) is 72.3 Å². The van der Waals surface area contributed by atoms with Gasteiger partial charge >= 0.3 is 0 Å². The fourth-order valence-corrected chi connectivity index (χ4v) is 7.25. The molecule has 3 aromatic rings. The smallest absolute Gasteiger partial charge is 0.247 e. The van der Waals surface area contributed by atoms with E-state index in [1.807, 2.05) is 25.1 Å². The van der Waals surface area contributed by atoms with E-state index in [-0.39, 0.29) is 17.8 Å². The number of rotatable bonds is 10. The van der Waals surface area contributed by atoms with Gasteiger partial charge in [-0.3, -0.25) is 9.63 Å². The number of aryl methyl sites for hydroxylation is 1. The Kier molecular flexibility index (Phi) is 10.4. The van der Waals surface area contributed by atoms with Crippen molar-refractivity contribution in [2.45, 2.75) is 57.2 Å². The largest absolute Gasteiger partial charge is 0.494 e. The molecule has 2 aromatic carbocycles. The van der Waals surface area contributed by atoms with E-state index in [0.29, 0.717) is 53.9 Å². The van der Waals surface area contributed by atoms with Crippen LogP contribution in [0.25, 0.3) is 0 Å². The first-order valence-electron chi connectivity index (χ1n) is 16.8. The molecular formula is C36H47FN8O3. The predicted molar refractivity (Wildman–Crippen MR) is 188 cm³/mol. The van der Waals surface area contributed by atoms with Crippen molar-refractivity contribution in [3.8, 4) is 5.75 Å². The number of hydrogen-bond donors (Lipinski definition) is 2. The number of likely N-dealkylation sites (tertiary alicyclic amines) is 1. The summed E-state index contributed by atoms with van der Waals surface area (Å²) in [5.41, 5.74) is 3.87. The number of benzene rings is 2. The quantitative estimate of drug-likeness (QED) is 0.265. The van der Waals surface area contributed by atoms with Crippen LogP contribution in [0.2, 0.25) is 0 Å². The second-order valence-electron chi connectivity index (χ2n) is 13.1. The van der Waals surface area contributed by atoms with Crippen LogP contribution in [-0.2, 0) is 9.63 Å². The summed E-state index contributed by atoms with van der Waals surface area (Å²) in [6.07, 6.45) is 7.97. The summed E-state index contributed by atoms with van der Waals surface area (Å²) in [6, 6.07) is 11.7. The minimum atomic E-state index is -0.292. The molecule has 0 aliphatic carbocycles. The standard InChI is InChI=1S/C36H47FN8O3/c1-6-36(46)41-29-20-30(33(47-5)21-32(29)44-14-9-28(10-15-44)43-12-7-27(8-13-43)42(3)4)40-34-22-35(39-23-38-34)45-31(11-16-48-45)25-17-24(2)18-26(37)19-25/h6,17-23,27-28,31H,1,7-16H2,2-5H3,(H,41,46)(H,38,39,40)/t31-/m1/s1. The van der Waals surface area contributed by atoms with E-state index in [1.54, 1.807) is 24.3 Å². The number of anilines is 5. The van der Waals surface area contributed by atoms with Crippen LogP contribution in [0.15, 0.2) is 55.4 Å². The Morgan fingerprint density at radius 1 is 1.02 bits per heavy atom. The lowest BCUT2D eigenvalue weighted by Crippen LogP contribution is -2.50. The average molecular weight is 659 g/mol. The third-order valence-corrected chi connectivity index (χ3v) is 9.81. The number of nitrogens with zero attached hydrogens (tertiary/aromatic N) is 6. The molecule has 2 N–H and O–H groups in total. The van der Waals surface area contributed by atoms with Crippen LogP contribution in [0.5, 0.6) is 5.75 Å². The number of carbonyl (C=O) groups is 1. The zero-order valence-electron chi connectivity index (χ0n) is 28.4. The van der Waals surface area contributed by atoms with Gasteiger partial charge in [0, 0.05) is 43.7 Å². The Balaban J connectivity index is 1.20. The minimum absolute atomic E-state index is 0.189. The molecule has 1 amide bonds. The van der Waals surface area contributed by atoms with Crippen molar-refractivity contribution >= 4 is 34.6 Å². The van der Waals surface area contributed by atoms with Gasteiger partial charge in [-0.15, -0.1) is 0 Å². The molecule has 6 rings (SSSR count). The topological polar surface area (TPSA) is 98.3 Å². The summed E-state index contributed by atoms with van der Waals surface area (Å²) >= 11 is 0. The van der Waals surface area contributed by atoms with Crippen molar-refractivity contribution in [2.75, 3.05) is 74.6 Å². The number of amides is 1.